The summed E-state index contributed by atoms with van der Waals surface area (Å²) in [6.45, 7) is 0.504. The number of methoxy groups -OCH3 is 1. The fourth-order valence-electron chi connectivity index (χ4n) is 3.64. The van der Waals surface area contributed by atoms with E-state index in [1.165, 1.54) is 18.2 Å². The minimum Gasteiger partial charge on any atom is -0.496 e. The minimum atomic E-state index is -4.03. The predicted molar refractivity (Wildman–Crippen MR) is 118 cm³/mol. The highest BCUT2D eigenvalue weighted by Crippen LogP contribution is 2.36. The summed E-state index contributed by atoms with van der Waals surface area (Å²) in [6.07, 6.45) is 1.79. The van der Waals surface area contributed by atoms with E-state index in [1.807, 2.05) is 0 Å². The molecule has 1 heterocycles. The van der Waals surface area contributed by atoms with Crippen molar-refractivity contribution in [2.45, 2.75) is 37.2 Å². The molecular weight excluding hydrogens is 450 g/mol. The lowest BCUT2D eigenvalue weighted by Gasteiger charge is -2.30. The molecule has 2 aromatic rings. The lowest BCUT2D eigenvalue weighted by molar-refractivity contribution is -0.0493. The zero-order chi connectivity index (χ0) is 21.9. The normalized spacial score (nSPS) is 15.4. The van der Waals surface area contributed by atoms with Crippen LogP contribution in [0.5, 0.6) is 11.5 Å². The number of nitrogens with one attached hydrogen (secondary N) is 1. The average Bonchev–Trinajstić information content (AvgIpc) is 2.69. The van der Waals surface area contributed by atoms with Crippen molar-refractivity contribution in [1.82, 2.24) is 4.90 Å². The van der Waals surface area contributed by atoms with Crippen molar-refractivity contribution in [3.8, 4) is 11.5 Å². The van der Waals surface area contributed by atoms with Crippen LogP contribution in [0.3, 0.4) is 0 Å². The van der Waals surface area contributed by atoms with Crippen LogP contribution in [0, 0.1) is 6.92 Å². The van der Waals surface area contributed by atoms with Crippen molar-refractivity contribution in [2.75, 3.05) is 32.0 Å². The van der Waals surface area contributed by atoms with Crippen LogP contribution in [0.15, 0.2) is 41.3 Å². The van der Waals surface area contributed by atoms with E-state index in [0.717, 1.165) is 31.5 Å². The number of benzene rings is 2. The molecule has 10 heteroatoms. The molecule has 0 bridgehead atoms. The summed E-state index contributed by atoms with van der Waals surface area (Å²) in [7, 11) is -0.415. The number of aryl methyl sites for hydroxylation is 1. The van der Waals surface area contributed by atoms with E-state index in [-0.39, 0.29) is 34.7 Å². The van der Waals surface area contributed by atoms with E-state index in [1.54, 1.807) is 32.2 Å². The largest absolute Gasteiger partial charge is 0.496 e. The van der Waals surface area contributed by atoms with Gasteiger partial charge in [-0.25, -0.2) is 8.42 Å². The van der Waals surface area contributed by atoms with Gasteiger partial charge in [0.2, 0.25) is 0 Å². The zero-order valence-corrected chi connectivity index (χ0v) is 19.2. The molecule has 1 N–H and O–H groups in total. The van der Waals surface area contributed by atoms with Gasteiger partial charge in [-0.1, -0.05) is 6.07 Å². The number of ether oxygens (including phenoxy) is 2. The van der Waals surface area contributed by atoms with Crippen molar-refractivity contribution in [3.63, 3.8) is 0 Å². The molecule has 0 radical (unpaired) electrons. The first-order valence-corrected chi connectivity index (χ1v) is 11.1. The summed E-state index contributed by atoms with van der Waals surface area (Å²) in [6, 6.07) is 9.04. The molecule has 0 aromatic heterocycles. The van der Waals surface area contributed by atoms with Crippen molar-refractivity contribution in [3.05, 3.63) is 47.5 Å². The molecule has 1 fully saturated rings. The molecule has 0 aliphatic carbocycles. The third kappa shape index (κ3) is 6.21. The maximum absolute atomic E-state index is 13.0. The van der Waals surface area contributed by atoms with Crippen molar-refractivity contribution in [1.29, 1.82) is 0 Å². The summed E-state index contributed by atoms with van der Waals surface area (Å²) in [5.74, 6) is 0.590. The van der Waals surface area contributed by atoms with E-state index >= 15 is 0 Å². The average molecular weight is 477 g/mol. The summed E-state index contributed by atoms with van der Waals surface area (Å²) in [5, 5.41) is 0. The van der Waals surface area contributed by atoms with E-state index < -0.39 is 16.6 Å². The Morgan fingerprint density at radius 2 is 1.74 bits per heavy atom. The van der Waals surface area contributed by atoms with Gasteiger partial charge in [-0.3, -0.25) is 4.72 Å². The monoisotopic (exact) mass is 476 g/mol. The Kier molecular flexibility index (Phi) is 8.50. The van der Waals surface area contributed by atoms with Gasteiger partial charge in [0.1, 0.15) is 11.5 Å². The van der Waals surface area contributed by atoms with E-state index in [4.69, 9.17) is 4.74 Å². The molecule has 1 saturated heterocycles. The third-order valence-corrected chi connectivity index (χ3v) is 6.63. The van der Waals surface area contributed by atoms with Crippen LogP contribution in [0.25, 0.3) is 0 Å². The topological polar surface area (TPSA) is 67.9 Å². The number of alkyl halides is 2. The zero-order valence-electron chi connectivity index (χ0n) is 17.6. The van der Waals surface area contributed by atoms with Gasteiger partial charge in [-0.05, 0) is 87.3 Å². The van der Waals surface area contributed by atoms with Crippen LogP contribution in [0.2, 0.25) is 0 Å². The number of sulfonamides is 1. The molecule has 1 aliphatic rings. The number of hydrogen-bond donors (Lipinski definition) is 1. The highest BCUT2D eigenvalue weighted by molar-refractivity contribution is 7.92. The molecule has 6 nitrogen and oxygen atoms in total. The van der Waals surface area contributed by atoms with Crippen LogP contribution < -0.4 is 14.2 Å². The predicted octanol–water partition coefficient (Wildman–Crippen LogP) is 4.64. The van der Waals surface area contributed by atoms with Crippen LogP contribution in [0.4, 0.5) is 14.5 Å². The van der Waals surface area contributed by atoms with Gasteiger partial charge in [0.15, 0.2) is 0 Å². The van der Waals surface area contributed by atoms with Crippen molar-refractivity contribution in [2.24, 2.45) is 0 Å². The Balaban J connectivity index is 0.00000341. The lowest BCUT2D eigenvalue weighted by atomic mass is 9.89. The quantitative estimate of drug-likeness (QED) is 0.630. The van der Waals surface area contributed by atoms with Gasteiger partial charge in [0, 0.05) is 0 Å². The molecule has 1 aliphatic heterocycles. The van der Waals surface area contributed by atoms with Crippen LogP contribution in [-0.2, 0) is 10.0 Å². The van der Waals surface area contributed by atoms with Gasteiger partial charge in [-0.2, -0.15) is 8.78 Å². The fourth-order valence-corrected chi connectivity index (χ4v) is 4.74. The first-order valence-electron chi connectivity index (χ1n) is 9.64. The number of nitrogens with zero attached hydrogens (tertiary/aromatic N) is 1. The molecule has 0 saturated carbocycles. The number of likely N-dealkylation sites (tertiary alicyclic amines) is 1. The van der Waals surface area contributed by atoms with Crippen LogP contribution in [0.1, 0.15) is 29.9 Å². The molecule has 31 heavy (non-hydrogen) atoms. The summed E-state index contributed by atoms with van der Waals surface area (Å²) in [4.78, 5) is 2.27. The smallest absolute Gasteiger partial charge is 0.387 e. The number of anilines is 1. The van der Waals surface area contributed by atoms with Gasteiger partial charge in [-0.15, -0.1) is 12.4 Å². The van der Waals surface area contributed by atoms with E-state index in [0.29, 0.717) is 11.3 Å². The Morgan fingerprint density at radius 3 is 2.35 bits per heavy atom. The van der Waals surface area contributed by atoms with Crippen molar-refractivity contribution < 1.29 is 26.7 Å². The summed E-state index contributed by atoms with van der Waals surface area (Å²) in [5.41, 5.74) is 1.50. The second-order valence-electron chi connectivity index (χ2n) is 7.46. The second kappa shape index (κ2) is 10.5. The van der Waals surface area contributed by atoms with Crippen LogP contribution in [-0.4, -0.2) is 47.2 Å². The SMILES string of the molecule is COc1ccc(S(=O)(=O)Nc2cc(C)ccc2OC(F)F)cc1C1CCN(C)CC1.Cl. The summed E-state index contributed by atoms with van der Waals surface area (Å²) >= 11 is 0. The molecule has 0 atom stereocenters. The Hall–Kier alpha value is -2.10. The fraction of sp³-hybridized carbons (Fsp3) is 0.429. The second-order valence-corrected chi connectivity index (χ2v) is 9.15. The standard InChI is InChI=1S/C21H26F2N2O4S.ClH/c1-14-4-6-20(29-21(22)23)18(12-14)24-30(26,27)16-5-7-19(28-3)17(13-16)15-8-10-25(2)11-9-15;/h4-7,12-13,15,21,24H,8-11H2,1-3H3;1H. The Labute approximate surface area is 188 Å². The molecule has 3 rings (SSSR count). The highest BCUT2D eigenvalue weighted by Gasteiger charge is 2.25. The molecule has 0 amide bonds. The van der Waals surface area contributed by atoms with Crippen molar-refractivity contribution >= 4 is 28.1 Å². The van der Waals surface area contributed by atoms with Gasteiger partial charge in [0.05, 0.1) is 17.7 Å². The Morgan fingerprint density at radius 1 is 1.10 bits per heavy atom. The van der Waals surface area contributed by atoms with E-state index in [9.17, 15) is 17.2 Å². The van der Waals surface area contributed by atoms with E-state index in [2.05, 4.69) is 21.4 Å². The highest BCUT2D eigenvalue weighted by atomic mass is 35.5. The first-order chi connectivity index (χ1) is 14.2. The number of halogens is 3. The molecule has 2 aromatic carbocycles. The number of hydrogen-bond acceptors (Lipinski definition) is 5. The van der Waals surface area contributed by atoms with Gasteiger partial charge >= 0.3 is 6.61 Å². The van der Waals surface area contributed by atoms with Gasteiger partial charge < -0.3 is 14.4 Å². The molecule has 0 unspecified atom stereocenters. The lowest BCUT2D eigenvalue weighted by Crippen LogP contribution is -2.29. The maximum Gasteiger partial charge on any atom is 0.387 e. The molecule has 172 valence electrons. The first kappa shape index (κ1) is 25.2. The number of piperidine rings is 1. The third-order valence-electron chi connectivity index (χ3n) is 5.27. The molecule has 0 spiro atoms. The number of rotatable bonds is 7. The summed E-state index contributed by atoms with van der Waals surface area (Å²) < 4.78 is 63.8. The Bertz CT molecular complexity index is 997. The van der Waals surface area contributed by atoms with Crippen LogP contribution >= 0.6 is 12.4 Å². The minimum absolute atomic E-state index is 0. The molecular formula is C21H27ClF2N2O4S. The maximum atomic E-state index is 13.0. The van der Waals surface area contributed by atoms with Gasteiger partial charge in [0.25, 0.3) is 10.0 Å².